The van der Waals surface area contributed by atoms with Crippen LogP contribution in [-0.2, 0) is 73.2 Å². The summed E-state index contributed by atoms with van der Waals surface area (Å²) < 4.78 is 39.9. The van der Waals surface area contributed by atoms with Gasteiger partial charge in [-0.05, 0) is 209 Å². The molecule has 0 saturated heterocycles. The average molecular weight is 1670 g/mol. The fourth-order valence-electron chi connectivity index (χ4n) is 15.0. The molecule has 119 heavy (non-hydrogen) atoms. The smallest absolute Gasteiger partial charge is 0.344 e. The van der Waals surface area contributed by atoms with Gasteiger partial charge in [-0.15, -0.1) is 11.3 Å². The highest BCUT2D eigenvalue weighted by molar-refractivity contribution is 5.93. The molecular formula is C89H119NO29. The number of hydrogen-bond donors (Lipinski definition) is 10. The van der Waals surface area contributed by atoms with Crippen LogP contribution < -0.4 is 19.9 Å². The molecule has 4 aliphatic rings. The molecule has 8 atom stereocenters. The van der Waals surface area contributed by atoms with E-state index in [4.69, 9.17) is 58.8 Å². The zero-order valence-corrected chi connectivity index (χ0v) is 68.9. The predicted molar refractivity (Wildman–Crippen MR) is 435 cm³/mol. The summed E-state index contributed by atoms with van der Waals surface area (Å²) in [7, 11) is 0. The standard InChI is InChI=1S/C20H26O4.C20H22O4.C19H27NO7.C16H28O6.C14H16O8/c1-20-9-8-15-14-5-3-13(22)10-12(14)2-4-16(15)17(20)6-7-18(20)24-19(23)11-21;1-3-18(14-5-9-16(22)10-6-14)19(4-2)15-7-11-17(12-8-15)24-20(23)13-21;1-13-8-15(14-6-4-3-5-7-14)20(16(23)9-13)27-18(25)19(2,11-22)12-26-17(24)10-21;1-2-3-4-5-6-7-8-9-10-15(19)21-12-14(18)13-22-16(20)11-17;1-9(16)22-12-5-3-2-4-11(12)14(19)21-8-10(17)7-20-13(18)6-15/h3,5,10,15-18,21-22H,2,4,6-9,11H2,1H3;5-12,21-22H,3-4,13H2,1-2H3;8-9,14,21-22H,3-7,10-12H2,1-2H3;2,14,17-18H,1,3-13H2;2-5,10,15,17H,6-8H2,1H3/b;19-18+;;;/t15-,16-,17+,18?,20+;;;;/m1..../s1. The maximum absolute atomic E-state index is 12.6. The van der Waals surface area contributed by atoms with Crippen LogP contribution in [0.3, 0.4) is 0 Å². The minimum absolute atomic E-state index is 0.0252. The predicted octanol–water partition coefficient (Wildman–Crippen LogP) is 9.26. The van der Waals surface area contributed by atoms with Crippen LogP contribution in [0.25, 0.3) is 11.1 Å². The van der Waals surface area contributed by atoms with Crippen molar-refractivity contribution in [2.75, 3.05) is 72.7 Å². The first-order valence-corrected chi connectivity index (χ1v) is 40.4. The molecule has 1 heterocycles. The Morgan fingerprint density at radius 2 is 1.14 bits per heavy atom. The van der Waals surface area contributed by atoms with E-state index < -0.39 is 130 Å². The van der Waals surface area contributed by atoms with E-state index in [1.807, 2.05) is 55.5 Å². The minimum atomic E-state index is -1.56. The van der Waals surface area contributed by atoms with Crippen molar-refractivity contribution >= 4 is 64.9 Å². The number of carbonyl (C=O) groups excluding carboxylic acids is 9. The van der Waals surface area contributed by atoms with E-state index >= 15 is 0 Å². The highest BCUT2D eigenvalue weighted by Crippen LogP contribution is 2.62. The fourth-order valence-corrected chi connectivity index (χ4v) is 15.0. The lowest BCUT2D eigenvalue weighted by molar-refractivity contribution is -0.168. The molecule has 1 aromatic heterocycles. The van der Waals surface area contributed by atoms with Crippen LogP contribution in [0.15, 0.2) is 121 Å². The average Bonchev–Trinajstić information content (AvgIpc) is 1.63. The van der Waals surface area contributed by atoms with E-state index in [9.17, 15) is 73.5 Å². The molecule has 0 aliphatic heterocycles. The molecule has 4 unspecified atom stereocenters. The van der Waals surface area contributed by atoms with Crippen molar-refractivity contribution in [2.24, 2.45) is 22.7 Å². The lowest BCUT2D eigenvalue weighted by atomic mass is 9.55. The molecule has 3 saturated carbocycles. The van der Waals surface area contributed by atoms with E-state index in [-0.39, 0.29) is 53.7 Å². The van der Waals surface area contributed by atoms with Gasteiger partial charge in [0.2, 0.25) is 0 Å². The van der Waals surface area contributed by atoms with Crippen LogP contribution in [0, 0.1) is 29.6 Å². The molecule has 654 valence electrons. The van der Waals surface area contributed by atoms with Crippen molar-refractivity contribution in [1.82, 2.24) is 4.73 Å². The number of carbonyl (C=O) groups is 9. The second-order valence-corrected chi connectivity index (χ2v) is 30.1. The maximum atomic E-state index is 12.6. The summed E-state index contributed by atoms with van der Waals surface area (Å²) in [5.41, 5.74) is 6.78. The van der Waals surface area contributed by atoms with Crippen LogP contribution in [-0.4, -0.2) is 201 Å². The molecule has 9 rings (SSSR count). The number of ether oxygens (including phenoxy) is 8. The number of phenols is 2. The Labute approximate surface area is 693 Å². The summed E-state index contributed by atoms with van der Waals surface area (Å²) >= 11 is 0. The van der Waals surface area contributed by atoms with Gasteiger partial charge in [0.15, 0.2) is 0 Å². The number of nitrogens with zero attached hydrogens (tertiary/aromatic N) is 1. The Balaban J connectivity index is 0.000000265. The number of benzene rings is 4. The van der Waals surface area contributed by atoms with Gasteiger partial charge in [-0.3, -0.25) is 14.4 Å². The molecule has 4 aromatic carbocycles. The molecule has 0 radical (unpaired) electrons. The number of esters is 8. The summed E-state index contributed by atoms with van der Waals surface area (Å²) in [6.45, 7) is 8.53. The van der Waals surface area contributed by atoms with E-state index in [0.29, 0.717) is 41.4 Å². The molecule has 0 bridgehead atoms. The van der Waals surface area contributed by atoms with Crippen LogP contribution in [0.4, 0.5) is 0 Å². The number of aromatic hydroxyl groups is 2. The second kappa shape index (κ2) is 52.0. The number of fused-ring (bicyclic) bond motifs is 5. The second-order valence-electron chi connectivity index (χ2n) is 30.1. The summed E-state index contributed by atoms with van der Waals surface area (Å²) in [5.74, 6) is -3.47. The number of unbranched alkanes of at least 4 members (excludes halogenated alkanes) is 6. The van der Waals surface area contributed by atoms with Crippen molar-refractivity contribution in [1.29, 1.82) is 0 Å². The number of pyridine rings is 1. The molecule has 3 fully saturated rings. The summed E-state index contributed by atoms with van der Waals surface area (Å²) in [6, 6.07) is 29.5. The van der Waals surface area contributed by atoms with Crippen LogP contribution in [0.2, 0.25) is 0 Å². The van der Waals surface area contributed by atoms with Gasteiger partial charge in [-0.2, -0.15) is 0 Å². The van der Waals surface area contributed by atoms with Gasteiger partial charge < -0.3 is 93.8 Å². The number of hydrogen-bond acceptors (Lipinski definition) is 29. The van der Waals surface area contributed by atoms with Crippen molar-refractivity contribution in [3.8, 4) is 23.0 Å². The summed E-state index contributed by atoms with van der Waals surface area (Å²) in [5, 5.41) is 91.0. The normalized spacial score (nSPS) is 18.1. The molecule has 0 amide bonds. The monoisotopic (exact) mass is 1670 g/mol. The molecule has 30 heteroatoms. The van der Waals surface area contributed by atoms with Gasteiger partial charge in [-0.1, -0.05) is 114 Å². The SMILES string of the molecule is C=CCCCCCCCCC(=O)OCC(O)COC(=O)CO.CC(=O)Oc1ccccc1C(=O)OCC(O)COC(=O)CO.CC/C(=C(/CC)c1ccc(OC(=O)CO)cc1)c1ccc(O)cc1.C[C@]12CC[C@@H]3c4ccc(O)cc4CC[C@H]3[C@@H]1CCC2OC(=O)CO.Cc1cc(C2CCCCC2)n(OC(=O)C(C)(CO)COC(=O)CO)c(=O)c1. The largest absolute Gasteiger partial charge is 0.508 e. The molecule has 10 N–H and O–H groups in total. The Kier molecular flexibility index (Phi) is 43.4. The summed E-state index contributed by atoms with van der Waals surface area (Å²) in [4.78, 5) is 120. The number of aliphatic hydroxyl groups is 8. The number of aromatic nitrogens is 1. The van der Waals surface area contributed by atoms with Crippen molar-refractivity contribution < 1.29 is 137 Å². The van der Waals surface area contributed by atoms with Crippen molar-refractivity contribution in [3.05, 3.63) is 165 Å². The Bertz CT molecular complexity index is 4170. The molecule has 30 nitrogen and oxygen atoms in total. The molecule has 5 aromatic rings. The van der Waals surface area contributed by atoms with Crippen LogP contribution in [0.1, 0.15) is 219 Å². The first kappa shape index (κ1) is 99.4. The topological polar surface area (TPSA) is 461 Å². The third-order valence-electron chi connectivity index (χ3n) is 21.1. The third kappa shape index (κ3) is 32.5. The van der Waals surface area contributed by atoms with Gasteiger partial charge in [-0.25, -0.2) is 33.6 Å². The Morgan fingerprint density at radius 3 is 1.71 bits per heavy atom. The number of aliphatic hydroxyl groups excluding tert-OH is 8. The third-order valence-corrected chi connectivity index (χ3v) is 21.1. The van der Waals surface area contributed by atoms with E-state index in [0.717, 1.165) is 137 Å². The minimum Gasteiger partial charge on any atom is -0.508 e. The quantitative estimate of drug-likeness (QED) is 0.00445. The van der Waals surface area contributed by atoms with Crippen LogP contribution >= 0.6 is 0 Å². The van der Waals surface area contributed by atoms with E-state index in [1.165, 1.54) is 67.2 Å². The first-order valence-electron chi connectivity index (χ1n) is 40.4. The lowest BCUT2D eigenvalue weighted by Gasteiger charge is -2.50. The zero-order valence-electron chi connectivity index (χ0n) is 68.9. The number of rotatable bonds is 36. The van der Waals surface area contributed by atoms with E-state index in [1.54, 1.807) is 36.4 Å². The molecule has 4 aliphatic carbocycles. The highest BCUT2D eigenvalue weighted by Gasteiger charge is 2.56. The van der Waals surface area contributed by atoms with Gasteiger partial charge in [0.1, 0.15) is 118 Å². The number of aryl methyl sites for hydroxylation is 2. The number of phenolic OH excluding ortho intramolecular Hbond substituents is 2. The van der Waals surface area contributed by atoms with Gasteiger partial charge in [0.05, 0.1) is 12.3 Å². The Hall–Kier alpha value is -10.2. The maximum Gasteiger partial charge on any atom is 0.344 e. The molecule has 0 spiro atoms. The zero-order chi connectivity index (χ0) is 87.6. The Morgan fingerprint density at radius 1 is 0.597 bits per heavy atom. The number of para-hydroxylation sites is 1. The molecular weight excluding hydrogens is 1550 g/mol. The van der Waals surface area contributed by atoms with E-state index in [2.05, 4.69) is 42.9 Å². The van der Waals surface area contributed by atoms with Crippen LogP contribution in [0.5, 0.6) is 23.0 Å². The highest BCUT2D eigenvalue weighted by atomic mass is 16.7. The summed E-state index contributed by atoms with van der Waals surface area (Å²) in [6.07, 6.45) is 20.5. The van der Waals surface area contributed by atoms with Crippen molar-refractivity contribution in [2.45, 2.75) is 207 Å². The van der Waals surface area contributed by atoms with Crippen molar-refractivity contribution in [3.63, 3.8) is 0 Å². The lowest BCUT2D eigenvalue weighted by Crippen LogP contribution is -2.46. The fraction of sp³-hybridized carbons (Fsp3) is 0.528. The number of allylic oxidation sites excluding steroid dienone is 3. The first-order chi connectivity index (χ1) is 56.9. The van der Waals surface area contributed by atoms with Gasteiger partial charge in [0, 0.05) is 30.7 Å². The van der Waals surface area contributed by atoms with Gasteiger partial charge in [0.25, 0.3) is 5.56 Å². The van der Waals surface area contributed by atoms with Gasteiger partial charge >= 0.3 is 53.7 Å².